The van der Waals surface area contributed by atoms with E-state index in [2.05, 4.69) is 18.7 Å². The maximum absolute atomic E-state index is 10.1. The Morgan fingerprint density at radius 3 is 1.80 bits per heavy atom. The summed E-state index contributed by atoms with van der Waals surface area (Å²) in [5, 5.41) is 15.8. The average Bonchev–Trinajstić information content (AvgIpc) is 2.11. The average molecular weight is 219 g/mol. The number of hydrogen-bond acceptors (Lipinski definition) is 3. The van der Waals surface area contributed by atoms with Crippen LogP contribution < -0.4 is 0 Å². The van der Waals surface area contributed by atoms with E-state index in [0.29, 0.717) is 0 Å². The van der Waals surface area contributed by atoms with Crippen LogP contribution in [-0.2, 0) is 9.59 Å². The lowest BCUT2D eigenvalue weighted by molar-refractivity contribution is -0.137. The van der Waals surface area contributed by atoms with Gasteiger partial charge in [-0.2, -0.15) is 0 Å². The van der Waals surface area contributed by atoms with Crippen molar-refractivity contribution >= 4 is 11.9 Å². The topological polar surface area (TPSA) is 77.8 Å². The summed E-state index contributed by atoms with van der Waals surface area (Å²) in [6.07, 6.45) is 1.05. The zero-order valence-electron chi connectivity index (χ0n) is 9.69. The molecule has 0 heterocycles. The number of carbonyl (C=O) groups is 2. The number of hydrogen-bond donors (Lipinski definition) is 2. The van der Waals surface area contributed by atoms with Crippen LogP contribution in [0.25, 0.3) is 0 Å². The van der Waals surface area contributed by atoms with Gasteiger partial charge in [0.15, 0.2) is 0 Å². The number of aliphatic carboxylic acids is 2. The van der Waals surface area contributed by atoms with Gasteiger partial charge in [-0.3, -0.25) is 9.59 Å². The van der Waals surface area contributed by atoms with E-state index in [9.17, 15) is 4.79 Å². The van der Waals surface area contributed by atoms with E-state index in [4.69, 9.17) is 15.0 Å². The van der Waals surface area contributed by atoms with Crippen LogP contribution in [-0.4, -0.2) is 46.7 Å². The monoisotopic (exact) mass is 219 g/mol. The molecule has 0 saturated heterocycles. The van der Waals surface area contributed by atoms with E-state index in [1.165, 1.54) is 0 Å². The summed E-state index contributed by atoms with van der Waals surface area (Å²) in [5.41, 5.74) is 0. The van der Waals surface area contributed by atoms with Crippen molar-refractivity contribution in [3.63, 3.8) is 0 Å². The summed E-state index contributed by atoms with van der Waals surface area (Å²) in [7, 11) is 0. The molecular formula is C10H21NO4. The first-order chi connectivity index (χ1) is 6.93. The fraction of sp³-hybridized carbons (Fsp3) is 0.800. The van der Waals surface area contributed by atoms with Crippen LogP contribution in [0.3, 0.4) is 0 Å². The zero-order valence-corrected chi connectivity index (χ0v) is 9.69. The van der Waals surface area contributed by atoms with Crippen molar-refractivity contribution in [3.8, 4) is 0 Å². The molecular weight excluding hydrogens is 198 g/mol. The number of rotatable bonds is 6. The van der Waals surface area contributed by atoms with Gasteiger partial charge in [0.05, 0.1) is 0 Å². The van der Waals surface area contributed by atoms with Crippen LogP contribution >= 0.6 is 0 Å². The van der Waals surface area contributed by atoms with Crippen molar-refractivity contribution in [1.82, 2.24) is 4.90 Å². The van der Waals surface area contributed by atoms with Gasteiger partial charge in [0.1, 0.15) is 0 Å². The molecule has 0 amide bonds. The second-order valence-electron chi connectivity index (χ2n) is 3.04. The van der Waals surface area contributed by atoms with Gasteiger partial charge < -0.3 is 15.1 Å². The molecule has 0 rings (SSSR count). The first kappa shape index (κ1) is 16.3. The van der Waals surface area contributed by atoms with E-state index in [0.717, 1.165) is 33.0 Å². The molecule has 0 spiro atoms. The quantitative estimate of drug-likeness (QED) is 0.703. The summed E-state index contributed by atoms with van der Waals surface area (Å²) in [6, 6.07) is 0. The standard InChI is InChI=1S/C8H17NO2.C2H4O2/c1-3-9(4-2)7-5-6-8(10)11;1-2(3)4/h3-7H2,1-2H3,(H,10,11);1H3,(H,3,4). The second kappa shape index (κ2) is 11.0. The normalized spacial score (nSPS) is 9.33. The summed E-state index contributed by atoms with van der Waals surface area (Å²) < 4.78 is 0. The first-order valence-corrected chi connectivity index (χ1v) is 5.07. The molecule has 0 aliphatic rings. The molecule has 0 unspecified atom stereocenters. The van der Waals surface area contributed by atoms with Crippen molar-refractivity contribution in [2.45, 2.75) is 33.6 Å². The van der Waals surface area contributed by atoms with Crippen molar-refractivity contribution in [2.24, 2.45) is 0 Å². The zero-order chi connectivity index (χ0) is 12.3. The third kappa shape index (κ3) is 19.3. The molecule has 5 heteroatoms. The smallest absolute Gasteiger partial charge is 0.303 e. The summed E-state index contributed by atoms with van der Waals surface area (Å²) in [6.45, 7) is 8.18. The van der Waals surface area contributed by atoms with E-state index in [1.807, 2.05) is 0 Å². The van der Waals surface area contributed by atoms with Gasteiger partial charge in [0, 0.05) is 13.3 Å². The highest BCUT2D eigenvalue weighted by Gasteiger charge is 2.00. The van der Waals surface area contributed by atoms with Crippen LogP contribution in [0.15, 0.2) is 0 Å². The molecule has 15 heavy (non-hydrogen) atoms. The van der Waals surface area contributed by atoms with Crippen molar-refractivity contribution in [1.29, 1.82) is 0 Å². The maximum atomic E-state index is 10.1. The van der Waals surface area contributed by atoms with E-state index < -0.39 is 11.9 Å². The Labute approximate surface area is 90.7 Å². The molecule has 0 aliphatic heterocycles. The molecule has 0 atom stereocenters. The van der Waals surface area contributed by atoms with Gasteiger partial charge in [-0.05, 0) is 26.1 Å². The largest absolute Gasteiger partial charge is 0.481 e. The molecule has 0 aromatic carbocycles. The summed E-state index contributed by atoms with van der Waals surface area (Å²) in [5.74, 6) is -1.53. The molecule has 0 fully saturated rings. The Morgan fingerprint density at radius 1 is 1.13 bits per heavy atom. The van der Waals surface area contributed by atoms with Crippen LogP contribution in [0.4, 0.5) is 0 Å². The lowest BCUT2D eigenvalue weighted by atomic mass is 10.3. The minimum Gasteiger partial charge on any atom is -0.481 e. The maximum Gasteiger partial charge on any atom is 0.303 e. The van der Waals surface area contributed by atoms with Gasteiger partial charge in [-0.15, -0.1) is 0 Å². The summed E-state index contributed by atoms with van der Waals surface area (Å²) >= 11 is 0. The summed E-state index contributed by atoms with van der Waals surface area (Å²) in [4.78, 5) is 21.4. The molecule has 5 nitrogen and oxygen atoms in total. The Bertz CT molecular complexity index is 174. The Kier molecular flexibility index (Phi) is 12.0. The van der Waals surface area contributed by atoms with Gasteiger partial charge in [0.25, 0.3) is 5.97 Å². The van der Waals surface area contributed by atoms with Crippen LogP contribution in [0, 0.1) is 0 Å². The Hall–Kier alpha value is -1.10. The third-order valence-corrected chi connectivity index (χ3v) is 1.76. The van der Waals surface area contributed by atoms with Crippen LogP contribution in [0.5, 0.6) is 0 Å². The lowest BCUT2D eigenvalue weighted by Gasteiger charge is -2.16. The highest BCUT2D eigenvalue weighted by atomic mass is 16.4. The molecule has 0 aromatic rings. The molecule has 0 saturated carbocycles. The Morgan fingerprint density at radius 2 is 1.53 bits per heavy atom. The number of nitrogens with zero attached hydrogens (tertiary/aromatic N) is 1. The van der Waals surface area contributed by atoms with Gasteiger partial charge in [-0.1, -0.05) is 13.8 Å². The van der Waals surface area contributed by atoms with Gasteiger partial charge in [0.2, 0.25) is 0 Å². The van der Waals surface area contributed by atoms with Crippen molar-refractivity contribution < 1.29 is 19.8 Å². The SMILES string of the molecule is CC(=O)O.CCN(CC)CCCC(=O)O. The first-order valence-electron chi connectivity index (χ1n) is 5.07. The number of carboxylic acid groups (broad SMARTS) is 2. The van der Waals surface area contributed by atoms with Crippen LogP contribution in [0.1, 0.15) is 33.6 Å². The molecule has 90 valence electrons. The highest BCUT2D eigenvalue weighted by Crippen LogP contribution is 1.94. The van der Waals surface area contributed by atoms with E-state index in [1.54, 1.807) is 0 Å². The number of carboxylic acids is 2. The van der Waals surface area contributed by atoms with E-state index >= 15 is 0 Å². The van der Waals surface area contributed by atoms with E-state index in [-0.39, 0.29) is 6.42 Å². The molecule has 0 bridgehead atoms. The highest BCUT2D eigenvalue weighted by molar-refractivity contribution is 5.66. The predicted octanol–water partition coefficient (Wildman–Crippen LogP) is 1.28. The second-order valence-corrected chi connectivity index (χ2v) is 3.04. The van der Waals surface area contributed by atoms with Gasteiger partial charge in [-0.25, -0.2) is 0 Å². The molecule has 0 aliphatic carbocycles. The fourth-order valence-corrected chi connectivity index (χ4v) is 0.994. The third-order valence-electron chi connectivity index (χ3n) is 1.76. The molecule has 0 radical (unpaired) electrons. The molecule has 0 aromatic heterocycles. The van der Waals surface area contributed by atoms with Crippen LogP contribution in [0.2, 0.25) is 0 Å². The minimum absolute atomic E-state index is 0.288. The van der Waals surface area contributed by atoms with Crippen molar-refractivity contribution in [3.05, 3.63) is 0 Å². The lowest BCUT2D eigenvalue weighted by Crippen LogP contribution is -2.24. The molecule has 2 N–H and O–H groups in total. The van der Waals surface area contributed by atoms with Crippen molar-refractivity contribution in [2.75, 3.05) is 19.6 Å². The minimum atomic E-state index is -0.833. The fourth-order valence-electron chi connectivity index (χ4n) is 0.994. The predicted molar refractivity (Wildman–Crippen MR) is 58.0 cm³/mol. The van der Waals surface area contributed by atoms with Gasteiger partial charge >= 0.3 is 5.97 Å². The Balaban J connectivity index is 0.